The molecule has 0 heteroatoms. The van der Waals surface area contributed by atoms with Gasteiger partial charge < -0.3 is 0 Å². The van der Waals surface area contributed by atoms with Gasteiger partial charge in [-0.3, -0.25) is 0 Å². The fourth-order valence-corrected chi connectivity index (χ4v) is 6.58. The average molecular weight is 467 g/mol. The molecule has 0 N–H and O–H groups in total. The van der Waals surface area contributed by atoms with Crippen molar-refractivity contribution in [3.8, 4) is 11.1 Å². The second-order valence-electron chi connectivity index (χ2n) is 10.7. The summed E-state index contributed by atoms with van der Waals surface area (Å²) in [4.78, 5) is 0. The number of hydrogen-bond donors (Lipinski definition) is 0. The second kappa shape index (κ2) is 6.96. The third kappa shape index (κ3) is 2.84. The van der Waals surface area contributed by atoms with Crippen LogP contribution in [0.4, 0.5) is 0 Å². The van der Waals surface area contributed by atoms with Gasteiger partial charge in [0.1, 0.15) is 0 Å². The molecule has 0 unspecified atom stereocenters. The molecular weight excluding hydrogens is 444 g/mol. The molecule has 0 spiro atoms. The molecule has 0 saturated heterocycles. The Hall–Kier alpha value is -4.68. The van der Waals surface area contributed by atoms with Gasteiger partial charge in [0.25, 0.3) is 0 Å². The zero-order valence-corrected chi connectivity index (χ0v) is 20.3. The minimum absolute atomic E-state index is 1.01. The van der Waals surface area contributed by atoms with E-state index in [4.69, 9.17) is 0 Å². The van der Waals surface area contributed by atoms with E-state index in [0.29, 0.717) is 0 Å². The molecule has 9 rings (SSSR count). The van der Waals surface area contributed by atoms with Crippen LogP contribution < -0.4 is 0 Å². The lowest BCUT2D eigenvalue weighted by molar-refractivity contribution is 1.28. The van der Waals surface area contributed by atoms with Crippen molar-refractivity contribution in [3.63, 3.8) is 0 Å². The number of rotatable bonds is 0. The van der Waals surface area contributed by atoms with E-state index in [1.54, 1.807) is 0 Å². The molecule has 0 fully saturated rings. The Morgan fingerprint density at radius 2 is 0.541 bits per heavy atom. The first-order chi connectivity index (χ1) is 18.2. The van der Waals surface area contributed by atoms with E-state index in [1.807, 2.05) is 0 Å². The standard InChI is InChI=1S/C37H22/c1-2-6-23-10-27-14-30-16-33-21-37-35(18-31(33)15-29(30)13-26(27)9-22(23)5-1)19-34-17-28-11-24-7-3-4-8-25(24)12-32(28)20-36(34)37/h1-18,20-21H,19H2. The van der Waals surface area contributed by atoms with Crippen LogP contribution in [0.3, 0.4) is 0 Å². The van der Waals surface area contributed by atoms with Gasteiger partial charge in [-0.2, -0.15) is 0 Å². The summed E-state index contributed by atoms with van der Waals surface area (Å²) in [5.74, 6) is 0. The maximum Gasteiger partial charge on any atom is -0.00130 e. The molecule has 1 aliphatic rings. The zero-order valence-electron chi connectivity index (χ0n) is 20.3. The van der Waals surface area contributed by atoms with Crippen LogP contribution in [0.15, 0.2) is 121 Å². The Morgan fingerprint density at radius 3 is 0.892 bits per heavy atom. The zero-order chi connectivity index (χ0) is 24.1. The number of hydrogen-bond acceptors (Lipinski definition) is 0. The molecule has 0 radical (unpaired) electrons. The van der Waals surface area contributed by atoms with Gasteiger partial charge >= 0.3 is 0 Å². The summed E-state index contributed by atoms with van der Waals surface area (Å²) in [5, 5.41) is 15.7. The van der Waals surface area contributed by atoms with E-state index >= 15 is 0 Å². The van der Waals surface area contributed by atoms with Crippen LogP contribution in [0.2, 0.25) is 0 Å². The van der Waals surface area contributed by atoms with E-state index in [1.165, 1.54) is 86.9 Å². The smallest absolute Gasteiger partial charge is 0.00130 e. The lowest BCUT2D eigenvalue weighted by atomic mass is 9.94. The summed E-state index contributed by atoms with van der Waals surface area (Å²) in [5.41, 5.74) is 5.66. The quantitative estimate of drug-likeness (QED) is 0.195. The van der Waals surface area contributed by atoms with E-state index in [-0.39, 0.29) is 0 Å². The summed E-state index contributed by atoms with van der Waals surface area (Å²) < 4.78 is 0. The molecular formula is C37H22. The lowest BCUT2D eigenvalue weighted by Crippen LogP contribution is -1.84. The Bertz CT molecular complexity index is 2270. The fraction of sp³-hybridized carbons (Fsp3) is 0.0270. The molecule has 0 atom stereocenters. The molecule has 0 aliphatic heterocycles. The molecule has 0 heterocycles. The van der Waals surface area contributed by atoms with Crippen molar-refractivity contribution in [1.82, 2.24) is 0 Å². The van der Waals surface area contributed by atoms with Gasteiger partial charge in [0.2, 0.25) is 0 Å². The van der Waals surface area contributed by atoms with Gasteiger partial charge in [0.05, 0.1) is 0 Å². The Labute approximate surface area is 214 Å². The monoisotopic (exact) mass is 466 g/mol. The van der Waals surface area contributed by atoms with Crippen LogP contribution in [0.1, 0.15) is 11.1 Å². The summed E-state index contributed by atoms with van der Waals surface area (Å²) in [7, 11) is 0. The summed E-state index contributed by atoms with van der Waals surface area (Å²) in [6.07, 6.45) is 1.01. The predicted octanol–water partition coefficient (Wildman–Crippen LogP) is 10.2. The molecule has 170 valence electrons. The van der Waals surface area contributed by atoms with Crippen LogP contribution in [0, 0.1) is 0 Å². The largest absolute Gasteiger partial charge is 0.0616 e. The highest BCUT2D eigenvalue weighted by molar-refractivity contribution is 6.09. The first-order valence-electron chi connectivity index (χ1n) is 13.0. The molecule has 1 aliphatic carbocycles. The average Bonchev–Trinajstić information content (AvgIpc) is 3.26. The first kappa shape index (κ1) is 19.5. The van der Waals surface area contributed by atoms with Gasteiger partial charge in [-0.05, 0) is 154 Å². The first-order valence-corrected chi connectivity index (χ1v) is 13.0. The van der Waals surface area contributed by atoms with E-state index in [0.717, 1.165) is 6.42 Å². The van der Waals surface area contributed by atoms with Gasteiger partial charge in [0, 0.05) is 0 Å². The van der Waals surface area contributed by atoms with E-state index < -0.39 is 0 Å². The topological polar surface area (TPSA) is 0 Å². The Kier molecular flexibility index (Phi) is 3.67. The van der Waals surface area contributed by atoms with Crippen LogP contribution >= 0.6 is 0 Å². The van der Waals surface area contributed by atoms with E-state index in [2.05, 4.69) is 121 Å². The van der Waals surface area contributed by atoms with Crippen molar-refractivity contribution < 1.29 is 0 Å². The lowest BCUT2D eigenvalue weighted by Gasteiger charge is -2.10. The maximum atomic E-state index is 2.43. The molecule has 0 bridgehead atoms. The Balaban J connectivity index is 1.25. The third-order valence-corrected chi connectivity index (χ3v) is 8.44. The maximum absolute atomic E-state index is 2.43. The summed E-state index contributed by atoms with van der Waals surface area (Å²) in [6.45, 7) is 0. The molecule has 8 aromatic rings. The minimum Gasteiger partial charge on any atom is -0.0616 e. The molecule has 0 nitrogen and oxygen atoms in total. The van der Waals surface area contributed by atoms with Gasteiger partial charge in [-0.25, -0.2) is 0 Å². The molecule has 0 amide bonds. The SMILES string of the molecule is c1ccc2cc3cc4c(cc3cc2c1)Cc1cc2cc3cc5cc6ccccc6cc5cc3cc2cc1-4. The Morgan fingerprint density at radius 1 is 0.270 bits per heavy atom. The highest BCUT2D eigenvalue weighted by atomic mass is 14.2. The molecule has 8 aromatic carbocycles. The summed E-state index contributed by atoms with van der Waals surface area (Å²) in [6, 6.07) is 45.8. The van der Waals surface area contributed by atoms with Crippen molar-refractivity contribution in [2.24, 2.45) is 0 Å². The molecule has 37 heavy (non-hydrogen) atoms. The molecule has 0 aromatic heterocycles. The van der Waals surface area contributed by atoms with Crippen molar-refractivity contribution in [2.75, 3.05) is 0 Å². The van der Waals surface area contributed by atoms with Crippen molar-refractivity contribution in [3.05, 3.63) is 132 Å². The van der Waals surface area contributed by atoms with Crippen LogP contribution in [0.25, 0.3) is 75.8 Å². The highest BCUT2D eigenvalue weighted by Crippen LogP contribution is 2.42. The minimum atomic E-state index is 1.01. The summed E-state index contributed by atoms with van der Waals surface area (Å²) >= 11 is 0. The fourth-order valence-electron chi connectivity index (χ4n) is 6.58. The number of fused-ring (bicyclic) bond motifs is 9. The predicted molar refractivity (Wildman–Crippen MR) is 160 cm³/mol. The van der Waals surface area contributed by atoms with Crippen LogP contribution in [-0.2, 0) is 6.42 Å². The van der Waals surface area contributed by atoms with Gasteiger partial charge in [-0.1, -0.05) is 60.7 Å². The van der Waals surface area contributed by atoms with Crippen molar-refractivity contribution in [2.45, 2.75) is 6.42 Å². The van der Waals surface area contributed by atoms with Crippen LogP contribution in [0.5, 0.6) is 0 Å². The molecule has 0 saturated carbocycles. The van der Waals surface area contributed by atoms with Gasteiger partial charge in [0.15, 0.2) is 0 Å². The second-order valence-corrected chi connectivity index (χ2v) is 10.7. The number of benzene rings is 8. The third-order valence-electron chi connectivity index (χ3n) is 8.44. The highest BCUT2D eigenvalue weighted by Gasteiger charge is 2.20. The van der Waals surface area contributed by atoms with E-state index in [9.17, 15) is 0 Å². The van der Waals surface area contributed by atoms with Crippen molar-refractivity contribution >= 4 is 64.6 Å². The van der Waals surface area contributed by atoms with Crippen LogP contribution in [-0.4, -0.2) is 0 Å². The van der Waals surface area contributed by atoms with Gasteiger partial charge in [-0.15, -0.1) is 0 Å². The normalized spacial score (nSPS) is 12.8. The van der Waals surface area contributed by atoms with Crippen molar-refractivity contribution in [1.29, 1.82) is 0 Å².